The van der Waals surface area contributed by atoms with Gasteiger partial charge in [-0.2, -0.15) is 0 Å². The van der Waals surface area contributed by atoms with Crippen molar-refractivity contribution in [3.05, 3.63) is 121 Å². The molecule has 6 N–H and O–H groups in total. The van der Waals surface area contributed by atoms with E-state index in [1.807, 2.05) is 31.3 Å². The van der Waals surface area contributed by atoms with Crippen LogP contribution < -0.4 is 17.2 Å². The van der Waals surface area contributed by atoms with Crippen molar-refractivity contribution in [1.29, 1.82) is 0 Å². The van der Waals surface area contributed by atoms with E-state index in [4.69, 9.17) is 22.2 Å². The molecule has 6 aromatic heterocycles. The van der Waals surface area contributed by atoms with E-state index in [9.17, 15) is 26.3 Å². The molecule has 0 bridgehead atoms. The van der Waals surface area contributed by atoms with E-state index in [2.05, 4.69) is 90.3 Å². The Kier molecular flexibility index (Phi) is 16.8. The van der Waals surface area contributed by atoms with Crippen LogP contribution in [0.3, 0.4) is 0 Å². The summed E-state index contributed by atoms with van der Waals surface area (Å²) in [4.78, 5) is 28.6. The average Bonchev–Trinajstić information content (AvgIpc) is 1.45. The summed E-state index contributed by atoms with van der Waals surface area (Å²) in [5.74, 6) is 5.77. The standard InChI is InChI=1S/C22H23F2N3S2.C20H17F4N3S2.C20H19F2N3S2/c1-3-4-15-9-16(12-26-11-15)17-10-18(28-13-17)20(2)14-21(29-19(25)27-20)5-7-22(23,24)8-6-21;1-3-4-12-5-13(8-26-7-12)14-6-15(28-9-14)17(2)20(23,24)18(29-16(25)27-17)10-19(21,22)11-18;1-3-4-13-5-14(8-24-7-13)15-6-16(26-9-15)18(2)10-19(27-17(23)25-18)11-20(21,22)12-19/h9-13H,5-8,14H2,1-2H3,(H2,25,27);5-9H,10-11H2,1-2H3,(H2,25,27);5-9H,10-12H2,1-2H3,(H2,23,25). The van der Waals surface area contributed by atoms with Crippen molar-refractivity contribution < 1.29 is 35.1 Å². The van der Waals surface area contributed by atoms with Crippen LogP contribution in [0.25, 0.3) is 33.4 Å². The summed E-state index contributed by atoms with van der Waals surface area (Å²) in [6, 6.07) is 11.6. The third kappa shape index (κ3) is 12.8. The van der Waals surface area contributed by atoms with Crippen molar-refractivity contribution in [3.63, 3.8) is 0 Å². The second-order valence-electron chi connectivity index (χ2n) is 23.0. The van der Waals surface area contributed by atoms with E-state index in [0.717, 1.165) is 66.5 Å². The Balaban J connectivity index is 0.000000142. The molecule has 444 valence electrons. The Morgan fingerprint density at radius 3 is 1.20 bits per heavy atom. The molecule has 0 radical (unpaired) electrons. The Bertz CT molecular complexity index is 3830. The maximum atomic E-state index is 15.6. The number of rotatable bonds is 6. The summed E-state index contributed by atoms with van der Waals surface area (Å²) < 4.78 is 110. The molecule has 0 saturated heterocycles. The molecule has 3 aliphatic heterocycles. The number of thiophene rings is 3. The van der Waals surface area contributed by atoms with Crippen LogP contribution in [0.15, 0.2) is 105 Å². The van der Waals surface area contributed by atoms with Crippen molar-refractivity contribution in [2.75, 3.05) is 0 Å². The molecule has 12 rings (SSSR count). The van der Waals surface area contributed by atoms with Crippen molar-refractivity contribution in [1.82, 2.24) is 15.0 Å². The predicted octanol–water partition coefficient (Wildman–Crippen LogP) is 16.1. The van der Waals surface area contributed by atoms with Gasteiger partial charge in [-0.05, 0) is 136 Å². The van der Waals surface area contributed by atoms with Gasteiger partial charge in [0.2, 0.25) is 5.92 Å². The first kappa shape index (κ1) is 62.2. The minimum atomic E-state index is -3.49. The van der Waals surface area contributed by atoms with E-state index in [1.54, 1.807) is 85.9 Å². The second-order valence-corrected chi connectivity index (χ2v) is 30.1. The molecule has 3 fully saturated rings. The molecule has 6 aliphatic rings. The first-order chi connectivity index (χ1) is 40.0. The number of amidine groups is 3. The summed E-state index contributed by atoms with van der Waals surface area (Å²) in [6.45, 7) is 10.6. The zero-order valence-corrected chi connectivity index (χ0v) is 52.0. The number of alkyl halides is 8. The molecule has 9 nitrogen and oxygen atoms in total. The van der Waals surface area contributed by atoms with E-state index in [-0.39, 0.29) is 40.5 Å². The fourth-order valence-electron chi connectivity index (χ4n) is 12.1. The van der Waals surface area contributed by atoms with Crippen molar-refractivity contribution >= 4 is 84.8 Å². The number of nitrogens with two attached hydrogens (primary N) is 3. The van der Waals surface area contributed by atoms with Gasteiger partial charge in [-0.1, -0.05) is 53.0 Å². The summed E-state index contributed by atoms with van der Waals surface area (Å²) in [5.41, 5.74) is 22.9. The molecule has 0 amide bonds. The van der Waals surface area contributed by atoms with E-state index >= 15 is 8.78 Å². The van der Waals surface area contributed by atoms with Gasteiger partial charge >= 0.3 is 0 Å². The van der Waals surface area contributed by atoms with Crippen LogP contribution in [0.1, 0.15) is 137 Å². The topological polar surface area (TPSA) is 154 Å². The number of nitrogens with zero attached hydrogens (tertiary/aromatic N) is 6. The highest BCUT2D eigenvalue weighted by Crippen LogP contribution is 2.68. The molecule has 3 spiro atoms. The van der Waals surface area contributed by atoms with Gasteiger partial charge in [0.15, 0.2) is 21.0 Å². The van der Waals surface area contributed by atoms with Crippen LogP contribution in [0.4, 0.5) is 35.1 Å². The van der Waals surface area contributed by atoms with Crippen molar-refractivity contribution in [3.8, 4) is 68.9 Å². The minimum Gasteiger partial charge on any atom is -0.378 e. The number of aromatic nitrogens is 3. The number of hydrogen-bond acceptors (Lipinski definition) is 15. The van der Waals surface area contributed by atoms with Gasteiger partial charge in [0.25, 0.3) is 17.8 Å². The number of pyridine rings is 3. The van der Waals surface area contributed by atoms with Gasteiger partial charge in [0.1, 0.15) is 4.75 Å². The number of aliphatic imine (C=N–C) groups is 3. The number of hydrogen-bond donors (Lipinski definition) is 3. The largest absolute Gasteiger partial charge is 0.378 e. The molecular formula is C62H59F8N9S6. The molecule has 6 aromatic rings. The highest BCUT2D eigenvalue weighted by Gasteiger charge is 2.77. The number of halogens is 8. The lowest BCUT2D eigenvalue weighted by molar-refractivity contribution is -0.199. The first-order valence-electron chi connectivity index (χ1n) is 27.0. The number of thioether (sulfide) groups is 3. The van der Waals surface area contributed by atoms with Crippen LogP contribution in [0.5, 0.6) is 0 Å². The van der Waals surface area contributed by atoms with E-state index in [0.29, 0.717) is 52.5 Å². The van der Waals surface area contributed by atoms with Crippen molar-refractivity contribution in [2.45, 2.75) is 160 Å². The lowest BCUT2D eigenvalue weighted by Crippen LogP contribution is -2.68. The SMILES string of the molecule is CC#Cc1cncc(-c2csc(C3(C)CC4(CC(F)(F)C4)SC(N)=N3)c2)c1.CC#Cc1cncc(-c2csc(C3(C)CC4(CCC(F)(F)CC4)SC(N)=N3)c2)c1.CC#Cc1cncc(-c2csc(C3(C)N=C(N)SC4(CC(F)(F)C4)C3(F)F)c2)c1. The molecule has 85 heavy (non-hydrogen) atoms. The van der Waals surface area contributed by atoms with Gasteiger partial charge in [-0.15, -0.1) is 51.8 Å². The Labute approximate surface area is 513 Å². The Hall–Kier alpha value is -5.87. The van der Waals surface area contributed by atoms with Crippen LogP contribution >= 0.6 is 69.3 Å². The summed E-state index contributed by atoms with van der Waals surface area (Å²) in [7, 11) is 0. The summed E-state index contributed by atoms with van der Waals surface area (Å²) in [6.07, 6.45) is 10.4. The molecule has 0 aromatic carbocycles. The van der Waals surface area contributed by atoms with E-state index in [1.165, 1.54) is 30.4 Å². The average molecular weight is 1270 g/mol. The lowest BCUT2D eigenvalue weighted by atomic mass is 9.69. The zero-order chi connectivity index (χ0) is 61.1. The predicted molar refractivity (Wildman–Crippen MR) is 334 cm³/mol. The first-order valence-corrected chi connectivity index (χ1v) is 32.1. The molecule has 3 saturated carbocycles. The Morgan fingerprint density at radius 2 is 0.788 bits per heavy atom. The Morgan fingerprint density at radius 1 is 0.412 bits per heavy atom. The van der Waals surface area contributed by atoms with Gasteiger partial charge in [-0.25, -0.2) is 40.1 Å². The van der Waals surface area contributed by atoms with Crippen molar-refractivity contribution in [2.24, 2.45) is 32.2 Å². The fraction of sp³-hybridized carbons (Fsp3) is 0.419. The quantitative estimate of drug-likeness (QED) is 0.109. The molecule has 3 aliphatic carbocycles. The van der Waals surface area contributed by atoms with Crippen LogP contribution in [0.2, 0.25) is 0 Å². The minimum absolute atomic E-state index is 0.0734. The second kappa shape index (κ2) is 23.0. The molecule has 23 heteroatoms. The monoisotopic (exact) mass is 1270 g/mol. The van der Waals surface area contributed by atoms with Crippen LogP contribution in [0, 0.1) is 35.5 Å². The van der Waals surface area contributed by atoms with Gasteiger partial charge in [-0.3, -0.25) is 24.9 Å². The fourth-order valence-corrected chi connectivity index (χ4v) is 19.8. The molecule has 3 atom stereocenters. The highest BCUT2D eigenvalue weighted by atomic mass is 32.2. The summed E-state index contributed by atoms with van der Waals surface area (Å²) >= 11 is 7.70. The molecule has 3 unspecified atom stereocenters. The maximum Gasteiger partial charge on any atom is 0.292 e. The van der Waals surface area contributed by atoms with E-state index < -0.39 is 62.6 Å². The maximum absolute atomic E-state index is 15.6. The lowest BCUT2D eigenvalue weighted by Gasteiger charge is -2.56. The summed E-state index contributed by atoms with van der Waals surface area (Å²) in [5, 5.41) is 6.68. The van der Waals surface area contributed by atoms with Crippen LogP contribution in [-0.2, 0) is 16.6 Å². The van der Waals surface area contributed by atoms with Crippen LogP contribution in [-0.4, -0.2) is 68.4 Å². The third-order valence-corrected chi connectivity index (χ3v) is 23.2. The zero-order valence-electron chi connectivity index (χ0n) is 47.1. The molecular weight excluding hydrogens is 1220 g/mol. The van der Waals surface area contributed by atoms with Gasteiger partial charge < -0.3 is 17.2 Å². The highest BCUT2D eigenvalue weighted by molar-refractivity contribution is 8.15. The third-order valence-electron chi connectivity index (χ3n) is 16.0. The smallest absolute Gasteiger partial charge is 0.292 e. The molecule has 9 heterocycles. The van der Waals surface area contributed by atoms with Gasteiger partial charge in [0.05, 0.1) is 11.1 Å². The van der Waals surface area contributed by atoms with Gasteiger partial charge in [0, 0.05) is 133 Å². The normalized spacial score (nSPS) is 25.6.